The number of hydrogen-bond acceptors (Lipinski definition) is 7. The molecule has 124 valence electrons. The molecule has 0 spiro atoms. The summed E-state index contributed by atoms with van der Waals surface area (Å²) in [6, 6.07) is 7.10. The number of carbonyl (C=O) groups excluding carboxylic acids is 1. The van der Waals surface area contributed by atoms with Crippen LogP contribution in [0.1, 0.15) is 16.1 Å². The van der Waals surface area contributed by atoms with Gasteiger partial charge < -0.3 is 14.2 Å². The Bertz CT molecular complexity index is 827. The molecule has 0 saturated heterocycles. The highest BCUT2D eigenvalue weighted by molar-refractivity contribution is 7.14. The highest BCUT2D eigenvalue weighted by atomic mass is 32.1. The van der Waals surface area contributed by atoms with Gasteiger partial charge in [0, 0.05) is 16.3 Å². The van der Waals surface area contributed by atoms with E-state index in [4.69, 9.17) is 14.2 Å². The van der Waals surface area contributed by atoms with Gasteiger partial charge in [-0.2, -0.15) is 11.3 Å². The summed E-state index contributed by atoms with van der Waals surface area (Å²) in [5, 5.41) is 6.85. The smallest absolute Gasteiger partial charge is 0.342 e. The lowest BCUT2D eigenvalue weighted by atomic mass is 10.2. The summed E-state index contributed by atoms with van der Waals surface area (Å²) in [6.07, 6.45) is 0. The van der Waals surface area contributed by atoms with Crippen molar-refractivity contribution in [3.8, 4) is 22.1 Å². The number of esters is 1. The second-order valence-electron chi connectivity index (χ2n) is 4.77. The summed E-state index contributed by atoms with van der Waals surface area (Å²) >= 11 is 3.15. The van der Waals surface area contributed by atoms with Gasteiger partial charge in [-0.05, 0) is 23.6 Å². The summed E-state index contributed by atoms with van der Waals surface area (Å²) in [7, 11) is 3.01. The van der Waals surface area contributed by atoms with Crippen LogP contribution in [-0.4, -0.2) is 25.2 Å². The molecule has 0 atom stereocenters. The number of thiazole rings is 1. The predicted octanol–water partition coefficient (Wildman–Crippen LogP) is 4.25. The molecule has 0 fully saturated rings. The molecule has 0 aliphatic heterocycles. The number of hydrogen-bond donors (Lipinski definition) is 0. The SMILES string of the molecule is COc1cccc(C(=O)OCc2csc(-c3ccsc3)n2)c1OC. The fourth-order valence-electron chi connectivity index (χ4n) is 2.16. The quantitative estimate of drug-likeness (QED) is 0.615. The van der Waals surface area contributed by atoms with Crippen molar-refractivity contribution >= 4 is 28.6 Å². The minimum absolute atomic E-state index is 0.111. The van der Waals surface area contributed by atoms with Crippen LogP contribution in [0.2, 0.25) is 0 Å². The molecule has 3 rings (SSSR count). The first kappa shape index (κ1) is 16.5. The van der Waals surface area contributed by atoms with Crippen molar-refractivity contribution in [2.45, 2.75) is 6.61 Å². The molecule has 0 aliphatic rings. The van der Waals surface area contributed by atoms with E-state index in [0.717, 1.165) is 16.3 Å². The van der Waals surface area contributed by atoms with Gasteiger partial charge in [-0.1, -0.05) is 6.07 Å². The minimum atomic E-state index is -0.476. The number of nitrogens with zero attached hydrogens (tertiary/aromatic N) is 1. The van der Waals surface area contributed by atoms with Crippen molar-refractivity contribution in [2.24, 2.45) is 0 Å². The molecule has 5 nitrogen and oxygen atoms in total. The highest BCUT2D eigenvalue weighted by Crippen LogP contribution is 2.31. The average molecular weight is 361 g/mol. The first-order valence-corrected chi connectivity index (χ1v) is 8.90. The maximum atomic E-state index is 12.3. The summed E-state index contributed by atoms with van der Waals surface area (Å²) in [6.45, 7) is 0.111. The lowest BCUT2D eigenvalue weighted by Gasteiger charge is -2.11. The van der Waals surface area contributed by atoms with Gasteiger partial charge in [0.25, 0.3) is 0 Å². The Labute approximate surface area is 147 Å². The Morgan fingerprint density at radius 3 is 2.75 bits per heavy atom. The van der Waals surface area contributed by atoms with E-state index < -0.39 is 5.97 Å². The molecular formula is C17H15NO4S2. The molecule has 0 N–H and O–H groups in total. The van der Waals surface area contributed by atoms with Gasteiger partial charge in [0.1, 0.15) is 17.2 Å². The Kier molecular flexibility index (Phi) is 5.12. The van der Waals surface area contributed by atoms with Crippen LogP contribution < -0.4 is 9.47 Å². The maximum absolute atomic E-state index is 12.3. The molecule has 0 unspecified atom stereocenters. The van der Waals surface area contributed by atoms with Crippen LogP contribution in [0.25, 0.3) is 10.6 Å². The molecule has 0 radical (unpaired) electrons. The van der Waals surface area contributed by atoms with Crippen LogP contribution in [0.3, 0.4) is 0 Å². The molecule has 2 heterocycles. The Hall–Kier alpha value is -2.38. The van der Waals surface area contributed by atoms with E-state index in [1.54, 1.807) is 29.5 Å². The van der Waals surface area contributed by atoms with E-state index in [9.17, 15) is 4.79 Å². The van der Waals surface area contributed by atoms with E-state index in [1.807, 2.05) is 22.2 Å². The van der Waals surface area contributed by atoms with Crippen LogP contribution in [0.4, 0.5) is 0 Å². The summed E-state index contributed by atoms with van der Waals surface area (Å²) < 4.78 is 15.8. The van der Waals surface area contributed by atoms with Crippen LogP contribution in [0.15, 0.2) is 40.4 Å². The standard InChI is InChI=1S/C17H15NO4S2/c1-20-14-5-3-4-13(15(14)21-2)17(19)22-8-12-10-24-16(18-12)11-6-7-23-9-11/h3-7,9-10H,8H2,1-2H3. The molecule has 1 aromatic carbocycles. The first-order chi connectivity index (χ1) is 11.7. The van der Waals surface area contributed by atoms with E-state index in [2.05, 4.69) is 4.98 Å². The van der Waals surface area contributed by atoms with Gasteiger partial charge in [-0.3, -0.25) is 0 Å². The lowest BCUT2D eigenvalue weighted by molar-refractivity contribution is 0.0464. The monoisotopic (exact) mass is 361 g/mol. The Morgan fingerprint density at radius 2 is 2.04 bits per heavy atom. The predicted molar refractivity (Wildman–Crippen MR) is 94.1 cm³/mol. The largest absolute Gasteiger partial charge is 0.493 e. The van der Waals surface area contributed by atoms with Crippen LogP contribution in [-0.2, 0) is 11.3 Å². The number of benzene rings is 1. The molecule has 3 aromatic rings. The van der Waals surface area contributed by atoms with Crippen molar-refractivity contribution in [1.82, 2.24) is 4.98 Å². The summed E-state index contributed by atoms with van der Waals surface area (Å²) in [5.41, 5.74) is 2.12. The van der Waals surface area contributed by atoms with Crippen molar-refractivity contribution < 1.29 is 19.0 Å². The number of aromatic nitrogens is 1. The zero-order chi connectivity index (χ0) is 16.9. The third-order valence-electron chi connectivity index (χ3n) is 3.29. The number of carbonyl (C=O) groups is 1. The Balaban J connectivity index is 1.70. The minimum Gasteiger partial charge on any atom is -0.493 e. The Morgan fingerprint density at radius 1 is 1.17 bits per heavy atom. The topological polar surface area (TPSA) is 57.7 Å². The van der Waals surface area contributed by atoms with E-state index in [-0.39, 0.29) is 6.61 Å². The summed E-state index contributed by atoms with van der Waals surface area (Å²) in [5.74, 6) is 0.374. The average Bonchev–Trinajstić information content (AvgIpc) is 3.29. The van der Waals surface area contributed by atoms with Gasteiger partial charge >= 0.3 is 5.97 Å². The third kappa shape index (κ3) is 3.42. The first-order valence-electron chi connectivity index (χ1n) is 7.08. The summed E-state index contributed by atoms with van der Waals surface area (Å²) in [4.78, 5) is 16.8. The zero-order valence-electron chi connectivity index (χ0n) is 13.1. The van der Waals surface area contributed by atoms with E-state index in [0.29, 0.717) is 17.1 Å². The van der Waals surface area contributed by atoms with Crippen LogP contribution >= 0.6 is 22.7 Å². The van der Waals surface area contributed by atoms with Crippen LogP contribution in [0, 0.1) is 0 Å². The highest BCUT2D eigenvalue weighted by Gasteiger charge is 2.18. The second kappa shape index (κ2) is 7.46. The second-order valence-corrected chi connectivity index (χ2v) is 6.41. The van der Waals surface area contributed by atoms with Crippen molar-refractivity contribution in [1.29, 1.82) is 0 Å². The fourth-order valence-corrected chi connectivity index (χ4v) is 3.67. The number of methoxy groups -OCH3 is 2. The number of para-hydroxylation sites is 1. The number of rotatable bonds is 6. The third-order valence-corrected chi connectivity index (χ3v) is 4.92. The molecular weight excluding hydrogens is 346 g/mol. The van der Waals surface area contributed by atoms with Gasteiger partial charge in [0.05, 0.1) is 19.9 Å². The number of ether oxygens (including phenoxy) is 3. The van der Waals surface area contributed by atoms with Crippen molar-refractivity contribution in [2.75, 3.05) is 14.2 Å². The molecule has 0 bridgehead atoms. The molecule has 0 amide bonds. The van der Waals surface area contributed by atoms with E-state index in [1.165, 1.54) is 25.6 Å². The molecule has 0 aliphatic carbocycles. The lowest BCUT2D eigenvalue weighted by Crippen LogP contribution is -2.08. The van der Waals surface area contributed by atoms with Crippen molar-refractivity contribution in [3.63, 3.8) is 0 Å². The maximum Gasteiger partial charge on any atom is 0.342 e. The zero-order valence-corrected chi connectivity index (χ0v) is 14.8. The number of thiophene rings is 1. The fraction of sp³-hybridized carbons (Fsp3) is 0.176. The molecule has 24 heavy (non-hydrogen) atoms. The van der Waals surface area contributed by atoms with Crippen LogP contribution in [0.5, 0.6) is 11.5 Å². The molecule has 7 heteroatoms. The van der Waals surface area contributed by atoms with Gasteiger partial charge in [-0.25, -0.2) is 9.78 Å². The normalized spacial score (nSPS) is 10.4. The van der Waals surface area contributed by atoms with Gasteiger partial charge in [0.15, 0.2) is 11.5 Å². The molecule has 2 aromatic heterocycles. The van der Waals surface area contributed by atoms with Gasteiger partial charge in [-0.15, -0.1) is 11.3 Å². The molecule has 0 saturated carbocycles. The van der Waals surface area contributed by atoms with Crippen molar-refractivity contribution in [3.05, 3.63) is 51.7 Å². The van der Waals surface area contributed by atoms with E-state index >= 15 is 0 Å². The van der Waals surface area contributed by atoms with Gasteiger partial charge in [0.2, 0.25) is 0 Å².